The summed E-state index contributed by atoms with van der Waals surface area (Å²) in [5.74, 6) is 1.20. The molecular weight excluding hydrogens is 356 g/mol. The highest BCUT2D eigenvalue weighted by Crippen LogP contribution is 2.58. The van der Waals surface area contributed by atoms with Gasteiger partial charge in [0.1, 0.15) is 11.3 Å². The number of aliphatic hydroxyl groups is 2. The molecular formula is C23H30O5. The Labute approximate surface area is 165 Å². The van der Waals surface area contributed by atoms with Crippen LogP contribution in [0.15, 0.2) is 39.5 Å². The van der Waals surface area contributed by atoms with Crippen molar-refractivity contribution in [2.45, 2.75) is 58.2 Å². The number of benzene rings is 1. The molecule has 0 spiro atoms. The van der Waals surface area contributed by atoms with Crippen LogP contribution >= 0.6 is 0 Å². The third-order valence-electron chi connectivity index (χ3n) is 7.59. The summed E-state index contributed by atoms with van der Waals surface area (Å²) >= 11 is 0. The van der Waals surface area contributed by atoms with Crippen molar-refractivity contribution in [1.29, 1.82) is 0 Å². The first-order valence-electron chi connectivity index (χ1n) is 10.3. The molecule has 2 aliphatic rings. The molecule has 0 unspecified atom stereocenters. The van der Waals surface area contributed by atoms with Crippen LogP contribution in [0.2, 0.25) is 0 Å². The summed E-state index contributed by atoms with van der Waals surface area (Å²) in [6.45, 7) is 6.69. The number of fused-ring (bicyclic) bond motifs is 2. The van der Waals surface area contributed by atoms with E-state index in [1.165, 1.54) is 6.07 Å². The smallest absolute Gasteiger partial charge is 0.336 e. The lowest BCUT2D eigenvalue weighted by Crippen LogP contribution is -2.59. The standard InChI is InChI=1S/C23H30O5/c1-14-17-8-11-23(3,26)20(22(17,2)10-9-18(14)24)13-27-16-6-4-15-5-7-21(25)28-19(15)12-16/h4-7,12,14,17-18,20,24,26H,8-11,13H2,1-3H3/t14-,17+,18-,20-,22+,23-/m0/s1. The van der Waals surface area contributed by atoms with Crippen molar-refractivity contribution in [2.75, 3.05) is 6.61 Å². The molecule has 1 heterocycles. The van der Waals surface area contributed by atoms with Gasteiger partial charge in [-0.05, 0) is 68.1 Å². The van der Waals surface area contributed by atoms with E-state index in [0.29, 0.717) is 30.3 Å². The second-order valence-corrected chi connectivity index (χ2v) is 9.29. The van der Waals surface area contributed by atoms with Crippen LogP contribution in [0.5, 0.6) is 5.75 Å². The molecule has 2 fully saturated rings. The first-order chi connectivity index (χ1) is 13.2. The highest BCUT2D eigenvalue weighted by atomic mass is 16.5. The first-order valence-corrected chi connectivity index (χ1v) is 10.3. The molecule has 4 rings (SSSR count). The third-order valence-corrected chi connectivity index (χ3v) is 7.59. The summed E-state index contributed by atoms with van der Waals surface area (Å²) in [5, 5.41) is 22.4. The molecule has 2 aromatic rings. The van der Waals surface area contributed by atoms with Gasteiger partial charge in [-0.3, -0.25) is 0 Å². The summed E-state index contributed by atoms with van der Waals surface area (Å²) < 4.78 is 11.4. The van der Waals surface area contributed by atoms with E-state index in [2.05, 4.69) is 13.8 Å². The van der Waals surface area contributed by atoms with Gasteiger partial charge in [0.15, 0.2) is 0 Å². The van der Waals surface area contributed by atoms with E-state index in [9.17, 15) is 15.0 Å². The van der Waals surface area contributed by atoms with Crippen LogP contribution in [0.3, 0.4) is 0 Å². The largest absolute Gasteiger partial charge is 0.493 e. The van der Waals surface area contributed by atoms with E-state index in [4.69, 9.17) is 9.15 Å². The van der Waals surface area contributed by atoms with Crippen LogP contribution in [-0.4, -0.2) is 28.5 Å². The maximum Gasteiger partial charge on any atom is 0.336 e. The second-order valence-electron chi connectivity index (χ2n) is 9.29. The Bertz CT molecular complexity index is 917. The lowest BCUT2D eigenvalue weighted by Gasteiger charge is -2.58. The van der Waals surface area contributed by atoms with Crippen LogP contribution < -0.4 is 10.4 Å². The molecule has 152 valence electrons. The SMILES string of the molecule is C[C@H]1[C@H]2CC[C@](C)(O)[C@@H](COc3ccc4ccc(=O)oc4c3)[C@]2(C)CC[C@@H]1O. The first kappa shape index (κ1) is 19.5. The molecule has 5 nitrogen and oxygen atoms in total. The molecule has 2 aliphatic carbocycles. The van der Waals surface area contributed by atoms with Crippen LogP contribution in [0.25, 0.3) is 11.0 Å². The van der Waals surface area contributed by atoms with Gasteiger partial charge >= 0.3 is 5.63 Å². The molecule has 6 atom stereocenters. The minimum absolute atomic E-state index is 0.0350. The maximum absolute atomic E-state index is 11.5. The lowest BCUT2D eigenvalue weighted by molar-refractivity contribution is -0.176. The number of rotatable bonds is 3. The fourth-order valence-electron chi connectivity index (χ4n) is 5.81. The minimum atomic E-state index is -0.809. The van der Waals surface area contributed by atoms with Gasteiger partial charge in [-0.15, -0.1) is 0 Å². The Morgan fingerprint density at radius 1 is 1.18 bits per heavy atom. The average molecular weight is 386 g/mol. The van der Waals surface area contributed by atoms with Gasteiger partial charge in [0.2, 0.25) is 0 Å². The maximum atomic E-state index is 11.5. The van der Waals surface area contributed by atoms with Crippen LogP contribution in [0.1, 0.15) is 46.5 Å². The van der Waals surface area contributed by atoms with Gasteiger partial charge in [-0.25, -0.2) is 4.79 Å². The Hall–Kier alpha value is -1.85. The molecule has 2 saturated carbocycles. The zero-order valence-electron chi connectivity index (χ0n) is 16.9. The highest BCUT2D eigenvalue weighted by Gasteiger charge is 2.57. The molecule has 1 aromatic carbocycles. The van der Waals surface area contributed by atoms with Crippen molar-refractivity contribution in [3.8, 4) is 5.75 Å². The molecule has 0 aliphatic heterocycles. The summed E-state index contributed by atoms with van der Waals surface area (Å²) in [7, 11) is 0. The Morgan fingerprint density at radius 3 is 2.71 bits per heavy atom. The lowest BCUT2D eigenvalue weighted by atomic mass is 9.49. The van der Waals surface area contributed by atoms with Gasteiger partial charge in [0, 0.05) is 23.4 Å². The van der Waals surface area contributed by atoms with Crippen LogP contribution in [0.4, 0.5) is 0 Å². The summed E-state index contributed by atoms with van der Waals surface area (Å²) in [4.78, 5) is 11.5. The summed E-state index contributed by atoms with van der Waals surface area (Å²) in [6, 6.07) is 8.61. The van der Waals surface area contributed by atoms with Crippen LogP contribution in [0, 0.1) is 23.2 Å². The van der Waals surface area contributed by atoms with Crippen molar-refractivity contribution in [3.63, 3.8) is 0 Å². The monoisotopic (exact) mass is 386 g/mol. The van der Waals surface area contributed by atoms with Crippen molar-refractivity contribution in [2.24, 2.45) is 23.2 Å². The van der Waals surface area contributed by atoms with Gasteiger partial charge in [0.25, 0.3) is 0 Å². The highest BCUT2D eigenvalue weighted by molar-refractivity contribution is 5.77. The molecule has 0 saturated heterocycles. The van der Waals surface area contributed by atoms with E-state index < -0.39 is 5.60 Å². The van der Waals surface area contributed by atoms with Crippen molar-refractivity contribution in [3.05, 3.63) is 40.8 Å². The Balaban J connectivity index is 1.59. The predicted molar refractivity (Wildman–Crippen MR) is 107 cm³/mol. The van der Waals surface area contributed by atoms with Gasteiger partial charge in [-0.2, -0.15) is 0 Å². The van der Waals surface area contributed by atoms with Gasteiger partial charge in [0.05, 0.1) is 18.3 Å². The average Bonchev–Trinajstić information content (AvgIpc) is 2.64. The van der Waals surface area contributed by atoms with Crippen molar-refractivity contribution >= 4 is 11.0 Å². The minimum Gasteiger partial charge on any atom is -0.493 e. The Morgan fingerprint density at radius 2 is 1.93 bits per heavy atom. The van der Waals surface area contributed by atoms with Gasteiger partial charge in [-0.1, -0.05) is 13.8 Å². The molecule has 28 heavy (non-hydrogen) atoms. The van der Waals surface area contributed by atoms with Crippen molar-refractivity contribution < 1.29 is 19.4 Å². The molecule has 0 bridgehead atoms. The molecule has 0 amide bonds. The topological polar surface area (TPSA) is 79.9 Å². The van der Waals surface area contributed by atoms with E-state index in [-0.39, 0.29) is 29.0 Å². The molecule has 5 heteroatoms. The predicted octanol–water partition coefficient (Wildman–Crippen LogP) is 3.75. The molecule has 1 aromatic heterocycles. The number of hydrogen-bond donors (Lipinski definition) is 2. The van der Waals surface area contributed by atoms with E-state index in [1.54, 1.807) is 12.1 Å². The second kappa shape index (κ2) is 6.89. The number of aliphatic hydroxyl groups excluding tert-OH is 1. The number of hydrogen-bond acceptors (Lipinski definition) is 5. The Kier molecular flexibility index (Phi) is 4.79. The zero-order chi connectivity index (χ0) is 20.1. The van der Waals surface area contributed by atoms with Gasteiger partial charge < -0.3 is 19.4 Å². The van der Waals surface area contributed by atoms with Crippen molar-refractivity contribution in [1.82, 2.24) is 0 Å². The van der Waals surface area contributed by atoms with E-state index in [1.807, 2.05) is 19.1 Å². The van der Waals surface area contributed by atoms with E-state index >= 15 is 0 Å². The zero-order valence-corrected chi connectivity index (χ0v) is 16.9. The quantitative estimate of drug-likeness (QED) is 0.786. The normalized spacial score (nSPS) is 38.2. The fraction of sp³-hybridized carbons (Fsp3) is 0.609. The number of ether oxygens (including phenoxy) is 1. The summed E-state index contributed by atoms with van der Waals surface area (Å²) in [5.41, 5.74) is -0.774. The molecule has 0 radical (unpaired) electrons. The third kappa shape index (κ3) is 3.25. The van der Waals surface area contributed by atoms with Crippen LogP contribution in [-0.2, 0) is 0 Å². The fourth-order valence-corrected chi connectivity index (χ4v) is 5.81. The molecule has 2 N–H and O–H groups in total. The summed E-state index contributed by atoms with van der Waals surface area (Å²) in [6.07, 6.45) is 3.04. The van der Waals surface area contributed by atoms with E-state index in [0.717, 1.165) is 24.6 Å².